The molecule has 0 aromatic heterocycles. The number of carbonyl (C=O) groups is 4. The van der Waals surface area contributed by atoms with Gasteiger partial charge in [-0.2, -0.15) is 23.5 Å². The largest absolute Gasteiger partial charge is 0.387 e. The minimum Gasteiger partial charge on any atom is -0.387 e. The monoisotopic (exact) mass is 820 g/mol. The van der Waals surface area contributed by atoms with Gasteiger partial charge in [-0.25, -0.2) is 0 Å². The van der Waals surface area contributed by atoms with Gasteiger partial charge < -0.3 is 60.6 Å². The Hall–Kier alpha value is -2.26. The summed E-state index contributed by atoms with van der Waals surface area (Å²) in [5.74, 6) is -0.354. The molecule has 10 atom stereocenters. The van der Waals surface area contributed by atoms with Crippen LogP contribution in [0.3, 0.4) is 0 Å². The molecule has 2 unspecified atom stereocenters. The van der Waals surface area contributed by atoms with Crippen molar-refractivity contribution in [2.75, 3.05) is 50.3 Å². The summed E-state index contributed by atoms with van der Waals surface area (Å²) in [6.07, 6.45) is -3.11. The average Bonchev–Trinajstić information content (AvgIpc) is 3.42. The lowest BCUT2D eigenvalue weighted by Gasteiger charge is -2.45. The predicted molar refractivity (Wildman–Crippen MR) is 211 cm³/mol. The molecule has 0 aromatic rings. The summed E-state index contributed by atoms with van der Waals surface area (Å²) in [5, 5.41) is 52.0. The number of carbonyl (C=O) groups excluding carboxylic acids is 4. The van der Waals surface area contributed by atoms with Crippen LogP contribution in [0.25, 0.3) is 0 Å². The van der Waals surface area contributed by atoms with Crippen molar-refractivity contribution in [1.82, 2.24) is 21.3 Å². The second kappa shape index (κ2) is 22.0. The molecule has 0 saturated carbocycles. The lowest BCUT2D eigenvalue weighted by Crippen LogP contribution is -2.62. The number of aliphatic hydroxyl groups excluding tert-OH is 4. The van der Waals surface area contributed by atoms with E-state index >= 15 is 0 Å². The van der Waals surface area contributed by atoms with Gasteiger partial charge in [-0.15, -0.1) is 0 Å². The predicted octanol–water partition coefficient (Wildman–Crippen LogP) is -0.133. The highest BCUT2D eigenvalue weighted by molar-refractivity contribution is 7.99. The highest BCUT2D eigenvalue weighted by Crippen LogP contribution is 2.31. The zero-order valence-corrected chi connectivity index (χ0v) is 35.3. The van der Waals surface area contributed by atoms with Crippen molar-refractivity contribution in [3.05, 3.63) is 24.3 Å². The highest BCUT2D eigenvalue weighted by atomic mass is 32.2. The topological polar surface area (TPSA) is 234 Å². The molecule has 3 aliphatic rings. The summed E-state index contributed by atoms with van der Waals surface area (Å²) in [4.78, 5) is 49.4. The fourth-order valence-electron chi connectivity index (χ4n) is 5.48. The fourth-order valence-corrected chi connectivity index (χ4v) is 7.24. The molecule has 0 radical (unpaired) electrons. The van der Waals surface area contributed by atoms with Crippen LogP contribution >= 0.6 is 23.5 Å². The molecule has 3 aliphatic heterocycles. The van der Waals surface area contributed by atoms with Crippen LogP contribution in [-0.4, -0.2) is 161 Å². The van der Waals surface area contributed by atoms with E-state index in [1.807, 2.05) is 47.6 Å². The molecule has 3 saturated heterocycles. The van der Waals surface area contributed by atoms with Crippen LogP contribution in [-0.2, 0) is 38.1 Å². The van der Waals surface area contributed by atoms with Crippen molar-refractivity contribution in [2.45, 2.75) is 122 Å². The van der Waals surface area contributed by atoms with Gasteiger partial charge in [-0.05, 0) is 24.7 Å². The first kappa shape index (κ1) is 48.9. The van der Waals surface area contributed by atoms with Gasteiger partial charge in [-0.1, -0.05) is 65.8 Å². The molecule has 3 fully saturated rings. The molecule has 3 heterocycles. The van der Waals surface area contributed by atoms with E-state index in [-0.39, 0.29) is 22.6 Å². The van der Waals surface area contributed by atoms with Crippen LogP contribution in [0.5, 0.6) is 0 Å². The Morgan fingerprint density at radius 3 is 1.82 bits per heavy atom. The van der Waals surface area contributed by atoms with E-state index in [2.05, 4.69) is 21.3 Å². The Bertz CT molecular complexity index is 1320. The highest BCUT2D eigenvalue weighted by Gasteiger charge is 2.48. The standard InChI is InChI=1S/C20H34N2O6S.C17H30N2O6S/c1-19(2,3)8-7-13-14(23)15(28-20(4,5)27-13)16(26-6)18(25)22-12-11-29-10-9-21-17(12)24;1-17(2,3)6-5-11(20)12(21)13(22)14(25-4)16(24)19-10-9-26-8-7-18-15(10)23/h7-8,12-16,23H,9-11H2,1-6H3,(H,21,24)(H,22,25);5-6,10-14,20-22H,7-9H2,1-4H3,(H,18,23)(H,19,24)/b8-7+;6-5+/t12?,13-,14+,15-,16-;10?,11-,12+,13-,14-/m11/s1. The van der Waals surface area contributed by atoms with Crippen LogP contribution in [0.1, 0.15) is 55.4 Å². The number of hydrogen-bond acceptors (Lipinski definition) is 14. The van der Waals surface area contributed by atoms with E-state index < -0.39 is 78.5 Å². The van der Waals surface area contributed by atoms with Gasteiger partial charge >= 0.3 is 0 Å². The Morgan fingerprint density at radius 1 is 0.836 bits per heavy atom. The molecule has 3 rings (SSSR count). The van der Waals surface area contributed by atoms with Crippen LogP contribution < -0.4 is 21.3 Å². The van der Waals surface area contributed by atoms with Crippen LogP contribution in [0.15, 0.2) is 24.3 Å². The van der Waals surface area contributed by atoms with Crippen molar-refractivity contribution in [3.8, 4) is 0 Å². The molecule has 16 nitrogen and oxygen atoms in total. The van der Waals surface area contributed by atoms with Crippen molar-refractivity contribution in [3.63, 3.8) is 0 Å². The SMILES string of the molecule is CO[C@@H](C(=O)NC1CSCCNC1=O)[C@@H]1OC(C)(C)O[C@H](/C=C/C(C)(C)C)[C@@H]1O.CO[C@@H](C(=O)NC1CSCCNC1=O)[C@H](O)[C@@H](O)[C@H](O)/C=C/C(C)(C)C. The summed E-state index contributed by atoms with van der Waals surface area (Å²) >= 11 is 3.10. The van der Waals surface area contributed by atoms with Gasteiger partial charge in [0, 0.05) is 50.3 Å². The Morgan fingerprint density at radius 2 is 1.35 bits per heavy atom. The number of nitrogens with one attached hydrogen (secondary N) is 4. The zero-order valence-electron chi connectivity index (χ0n) is 33.7. The number of allylic oxidation sites excluding steroid dienone is 2. The third kappa shape index (κ3) is 16.6. The maximum atomic E-state index is 12.9. The lowest BCUT2D eigenvalue weighted by atomic mass is 9.93. The molecule has 0 aromatic carbocycles. The normalized spacial score (nSPS) is 27.9. The van der Waals surface area contributed by atoms with Crippen LogP contribution in [0, 0.1) is 10.8 Å². The molecule has 8 N–H and O–H groups in total. The van der Waals surface area contributed by atoms with Gasteiger partial charge in [0.15, 0.2) is 18.0 Å². The Labute approximate surface area is 333 Å². The van der Waals surface area contributed by atoms with E-state index in [9.17, 15) is 39.6 Å². The third-order valence-corrected chi connectivity index (χ3v) is 10.5. The average molecular weight is 821 g/mol. The number of ether oxygens (including phenoxy) is 4. The molecule has 0 spiro atoms. The van der Waals surface area contributed by atoms with Crippen molar-refractivity contribution in [1.29, 1.82) is 0 Å². The molecule has 4 amide bonds. The van der Waals surface area contributed by atoms with E-state index in [0.29, 0.717) is 24.6 Å². The van der Waals surface area contributed by atoms with Crippen molar-refractivity contribution >= 4 is 47.2 Å². The number of amides is 4. The number of rotatable bonds is 12. The van der Waals surface area contributed by atoms with E-state index in [4.69, 9.17) is 18.9 Å². The summed E-state index contributed by atoms with van der Waals surface area (Å²) in [5.41, 5.74) is -0.308. The van der Waals surface area contributed by atoms with Gasteiger partial charge in [0.05, 0.1) is 0 Å². The molecular weight excluding hydrogens is 757 g/mol. The summed E-state index contributed by atoms with van der Waals surface area (Å²) < 4.78 is 22.1. The van der Waals surface area contributed by atoms with E-state index in [1.165, 1.54) is 32.1 Å². The lowest BCUT2D eigenvalue weighted by molar-refractivity contribution is -0.334. The minimum absolute atomic E-state index is 0.0937. The first-order chi connectivity index (χ1) is 25.5. The molecule has 0 aliphatic carbocycles. The van der Waals surface area contributed by atoms with E-state index in [1.54, 1.807) is 37.8 Å². The molecule has 0 bridgehead atoms. The summed E-state index contributed by atoms with van der Waals surface area (Å²) in [6.45, 7) is 16.4. The Balaban J connectivity index is 0.000000383. The van der Waals surface area contributed by atoms with Gasteiger partial charge in [0.2, 0.25) is 11.8 Å². The van der Waals surface area contributed by atoms with Gasteiger partial charge in [0.1, 0.15) is 48.7 Å². The number of thioether (sulfide) groups is 2. The Kier molecular flexibility index (Phi) is 19.6. The maximum Gasteiger partial charge on any atom is 0.252 e. The number of aliphatic hydroxyl groups is 4. The quantitative estimate of drug-likeness (QED) is 0.120. The van der Waals surface area contributed by atoms with Crippen LogP contribution in [0.4, 0.5) is 0 Å². The fraction of sp³-hybridized carbons (Fsp3) is 0.784. The molecule has 316 valence electrons. The van der Waals surface area contributed by atoms with E-state index in [0.717, 1.165) is 11.5 Å². The minimum atomic E-state index is -1.67. The number of hydrogen-bond donors (Lipinski definition) is 8. The zero-order chi connectivity index (χ0) is 41.7. The van der Waals surface area contributed by atoms with Crippen LogP contribution in [0.2, 0.25) is 0 Å². The van der Waals surface area contributed by atoms with Crippen molar-refractivity contribution < 1.29 is 58.6 Å². The van der Waals surface area contributed by atoms with Gasteiger partial charge in [-0.3, -0.25) is 19.2 Å². The molecule has 55 heavy (non-hydrogen) atoms. The maximum absolute atomic E-state index is 12.9. The second-order valence-corrected chi connectivity index (χ2v) is 18.4. The van der Waals surface area contributed by atoms with Crippen molar-refractivity contribution in [2.24, 2.45) is 10.8 Å². The third-order valence-electron chi connectivity index (χ3n) is 8.35. The van der Waals surface area contributed by atoms with Gasteiger partial charge in [0.25, 0.3) is 11.8 Å². The second-order valence-electron chi connectivity index (χ2n) is 16.1. The smallest absolute Gasteiger partial charge is 0.252 e. The molecular formula is C37H64N4O12S2. The first-order valence-corrected chi connectivity index (χ1v) is 20.6. The summed E-state index contributed by atoms with van der Waals surface area (Å²) in [6, 6.07) is -1.41. The molecule has 18 heteroatoms. The summed E-state index contributed by atoms with van der Waals surface area (Å²) in [7, 11) is 2.59. The first-order valence-electron chi connectivity index (χ1n) is 18.3. The number of methoxy groups -OCH3 is 2.